The molecule has 3 aromatic carbocycles. The number of hydrogen-bond donors (Lipinski definition) is 2. The fraction of sp³-hybridized carbons (Fsp3) is 0.188. The van der Waals surface area contributed by atoms with Gasteiger partial charge in [0.15, 0.2) is 0 Å². The van der Waals surface area contributed by atoms with Crippen LogP contribution >= 0.6 is 0 Å². The van der Waals surface area contributed by atoms with Crippen LogP contribution in [0.25, 0.3) is 6.08 Å². The van der Waals surface area contributed by atoms with Crippen molar-refractivity contribution in [2.24, 2.45) is 0 Å². The molecule has 0 aliphatic carbocycles. The fourth-order valence-electron chi connectivity index (χ4n) is 4.47. The molecule has 1 aliphatic rings. The summed E-state index contributed by atoms with van der Waals surface area (Å²) < 4.78 is 10.2. The third kappa shape index (κ3) is 7.39. The van der Waals surface area contributed by atoms with Crippen LogP contribution in [0.15, 0.2) is 78.5 Å². The minimum Gasteiger partial charge on any atom is -0.464 e. The van der Waals surface area contributed by atoms with Crippen LogP contribution < -0.4 is 15.4 Å². The first kappa shape index (κ1) is 30.4. The third-order valence-electron chi connectivity index (χ3n) is 6.34. The monoisotopic (exact) mass is 583 g/mol. The molecular formula is C32H29N3O8. The third-order valence-corrected chi connectivity index (χ3v) is 6.34. The van der Waals surface area contributed by atoms with Crippen LogP contribution in [0.5, 0.6) is 5.75 Å². The summed E-state index contributed by atoms with van der Waals surface area (Å²) in [5, 5.41) is 5.22. The highest BCUT2D eigenvalue weighted by molar-refractivity contribution is 6.22. The zero-order chi connectivity index (χ0) is 31.1. The van der Waals surface area contributed by atoms with Gasteiger partial charge in [-0.15, -0.1) is 0 Å². The molecule has 220 valence electrons. The Morgan fingerprint density at radius 3 is 2.00 bits per heavy atom. The van der Waals surface area contributed by atoms with E-state index < -0.39 is 41.6 Å². The van der Waals surface area contributed by atoms with Crippen LogP contribution in [0.1, 0.15) is 52.6 Å². The van der Waals surface area contributed by atoms with Crippen molar-refractivity contribution in [3.63, 3.8) is 0 Å². The number of carbonyl (C=O) groups is 6. The number of amides is 4. The number of rotatable bonds is 10. The lowest BCUT2D eigenvalue weighted by Gasteiger charge is -2.24. The Balaban J connectivity index is 1.50. The normalized spacial score (nSPS) is 13.2. The summed E-state index contributed by atoms with van der Waals surface area (Å²) in [6, 6.07) is 18.0. The van der Waals surface area contributed by atoms with E-state index in [1.54, 1.807) is 67.6 Å². The topological polar surface area (TPSA) is 148 Å². The number of carbonyl (C=O) groups excluding carboxylic acids is 6. The molecule has 2 N–H and O–H groups in total. The second kappa shape index (κ2) is 13.4. The van der Waals surface area contributed by atoms with Crippen LogP contribution in [-0.2, 0) is 30.3 Å². The van der Waals surface area contributed by atoms with Gasteiger partial charge in [-0.05, 0) is 60.5 Å². The van der Waals surface area contributed by atoms with Crippen molar-refractivity contribution in [2.45, 2.75) is 33.2 Å². The molecular weight excluding hydrogens is 554 g/mol. The lowest BCUT2D eigenvalue weighted by atomic mass is 10.0. The number of fused-ring (bicyclic) bond motifs is 1. The molecule has 0 radical (unpaired) electrons. The number of ether oxygens (including phenoxy) is 2. The van der Waals surface area contributed by atoms with E-state index in [1.807, 2.05) is 0 Å². The molecule has 11 heteroatoms. The average molecular weight is 584 g/mol. The highest BCUT2D eigenvalue weighted by Crippen LogP contribution is 2.27. The van der Waals surface area contributed by atoms with Gasteiger partial charge in [-0.3, -0.25) is 28.9 Å². The van der Waals surface area contributed by atoms with Gasteiger partial charge in [-0.1, -0.05) is 36.4 Å². The van der Waals surface area contributed by atoms with Gasteiger partial charge in [-0.2, -0.15) is 0 Å². The molecule has 0 spiro atoms. The van der Waals surface area contributed by atoms with Gasteiger partial charge in [0.25, 0.3) is 17.7 Å². The lowest BCUT2D eigenvalue weighted by Crippen LogP contribution is -2.47. The standard InChI is InChI=1S/C32H29N3O8/c1-4-42-32(41)28(35-30(39)25-7-5-6-8-26(25)31(35)40)18-22-9-13-23(14-10-22)34-29(38)27(33-19(2)36)17-21-11-15-24(16-12-21)43-20(3)37/h5-17,28H,4,18H2,1-3H3,(H,33,36)(H,34,38)/b27-17-/t28-/m0/s1. The molecule has 4 amide bonds. The van der Waals surface area contributed by atoms with Gasteiger partial charge in [0, 0.05) is 26.0 Å². The van der Waals surface area contributed by atoms with E-state index in [1.165, 1.54) is 32.1 Å². The molecule has 3 aromatic rings. The molecule has 11 nitrogen and oxygen atoms in total. The first-order valence-corrected chi connectivity index (χ1v) is 13.4. The van der Waals surface area contributed by atoms with Crippen LogP contribution in [0.2, 0.25) is 0 Å². The average Bonchev–Trinajstić information content (AvgIpc) is 3.22. The van der Waals surface area contributed by atoms with Crippen LogP contribution in [0.4, 0.5) is 5.69 Å². The molecule has 1 heterocycles. The summed E-state index contributed by atoms with van der Waals surface area (Å²) in [6.45, 7) is 4.27. The Hall–Kier alpha value is -5.58. The Labute approximate surface area is 247 Å². The molecule has 43 heavy (non-hydrogen) atoms. The van der Waals surface area contributed by atoms with E-state index >= 15 is 0 Å². The molecule has 0 aromatic heterocycles. The zero-order valence-corrected chi connectivity index (χ0v) is 23.7. The van der Waals surface area contributed by atoms with Crippen molar-refractivity contribution >= 4 is 47.3 Å². The maximum atomic E-state index is 13.0. The van der Waals surface area contributed by atoms with E-state index in [0.29, 0.717) is 22.6 Å². The van der Waals surface area contributed by atoms with Crippen LogP contribution in [0.3, 0.4) is 0 Å². The van der Waals surface area contributed by atoms with Crippen molar-refractivity contribution in [2.75, 3.05) is 11.9 Å². The van der Waals surface area contributed by atoms with Crippen molar-refractivity contribution in [3.8, 4) is 5.75 Å². The van der Waals surface area contributed by atoms with E-state index in [2.05, 4.69) is 10.6 Å². The minimum atomic E-state index is -1.19. The highest BCUT2D eigenvalue weighted by atomic mass is 16.5. The van der Waals surface area contributed by atoms with Crippen molar-refractivity contribution in [1.82, 2.24) is 10.2 Å². The Kier molecular flexibility index (Phi) is 9.46. The lowest BCUT2D eigenvalue weighted by molar-refractivity contribution is -0.147. The first-order valence-electron chi connectivity index (χ1n) is 13.4. The summed E-state index contributed by atoms with van der Waals surface area (Å²) in [5.41, 5.74) is 2.00. The van der Waals surface area contributed by atoms with E-state index in [-0.39, 0.29) is 29.9 Å². The molecule has 0 bridgehead atoms. The summed E-state index contributed by atoms with van der Waals surface area (Å²) >= 11 is 0. The SMILES string of the molecule is CCOC(=O)[C@H](Cc1ccc(NC(=O)/C(=C/c2ccc(OC(C)=O)cc2)NC(C)=O)cc1)N1C(=O)c2ccccc2C1=O. The quantitative estimate of drug-likeness (QED) is 0.160. The summed E-state index contributed by atoms with van der Waals surface area (Å²) in [6.07, 6.45) is 1.47. The smallest absolute Gasteiger partial charge is 0.329 e. The van der Waals surface area contributed by atoms with Crippen molar-refractivity contribution < 1.29 is 38.2 Å². The van der Waals surface area contributed by atoms with Gasteiger partial charge >= 0.3 is 11.9 Å². The molecule has 1 aliphatic heterocycles. The number of esters is 2. The molecule has 0 fully saturated rings. The Morgan fingerprint density at radius 1 is 0.860 bits per heavy atom. The predicted octanol–water partition coefficient (Wildman–Crippen LogP) is 3.50. The second-order valence-corrected chi connectivity index (χ2v) is 9.55. The minimum absolute atomic E-state index is 0.00108. The molecule has 0 saturated carbocycles. The van der Waals surface area contributed by atoms with Crippen LogP contribution in [0, 0.1) is 0 Å². The largest absolute Gasteiger partial charge is 0.464 e. The number of hydrogen-bond acceptors (Lipinski definition) is 8. The second-order valence-electron chi connectivity index (χ2n) is 9.55. The predicted molar refractivity (Wildman–Crippen MR) is 156 cm³/mol. The molecule has 1 atom stereocenters. The van der Waals surface area contributed by atoms with E-state index in [0.717, 1.165) is 4.90 Å². The molecule has 0 saturated heterocycles. The van der Waals surface area contributed by atoms with E-state index in [9.17, 15) is 28.8 Å². The maximum absolute atomic E-state index is 13.0. The summed E-state index contributed by atoms with van der Waals surface area (Å²) in [7, 11) is 0. The summed E-state index contributed by atoms with van der Waals surface area (Å²) in [4.78, 5) is 75.9. The van der Waals surface area contributed by atoms with Gasteiger partial charge in [0.2, 0.25) is 5.91 Å². The number of nitrogens with one attached hydrogen (secondary N) is 2. The number of anilines is 1. The van der Waals surface area contributed by atoms with Gasteiger partial charge < -0.3 is 20.1 Å². The zero-order valence-electron chi connectivity index (χ0n) is 23.7. The van der Waals surface area contributed by atoms with Crippen molar-refractivity contribution in [3.05, 3.63) is 101 Å². The highest BCUT2D eigenvalue weighted by Gasteiger charge is 2.43. The van der Waals surface area contributed by atoms with E-state index in [4.69, 9.17) is 9.47 Å². The van der Waals surface area contributed by atoms with Gasteiger partial charge in [0.05, 0.1) is 17.7 Å². The van der Waals surface area contributed by atoms with Crippen LogP contribution in [-0.4, -0.2) is 53.1 Å². The Morgan fingerprint density at radius 2 is 1.47 bits per heavy atom. The summed E-state index contributed by atoms with van der Waals surface area (Å²) in [5.74, 6) is -3.02. The maximum Gasteiger partial charge on any atom is 0.329 e. The van der Waals surface area contributed by atoms with Crippen molar-refractivity contribution in [1.29, 1.82) is 0 Å². The molecule has 0 unspecified atom stereocenters. The first-order chi connectivity index (χ1) is 20.6. The van der Waals surface area contributed by atoms with Gasteiger partial charge in [0.1, 0.15) is 17.5 Å². The number of nitrogens with zero attached hydrogens (tertiary/aromatic N) is 1. The van der Waals surface area contributed by atoms with Gasteiger partial charge in [-0.25, -0.2) is 4.79 Å². The number of benzene rings is 3. The Bertz CT molecular complexity index is 1580. The number of imide groups is 1. The fourth-order valence-corrected chi connectivity index (χ4v) is 4.47. The molecule has 4 rings (SSSR count).